The van der Waals surface area contributed by atoms with Gasteiger partial charge in [-0.15, -0.1) is 0 Å². The van der Waals surface area contributed by atoms with Gasteiger partial charge in [0.25, 0.3) is 0 Å². The van der Waals surface area contributed by atoms with Crippen molar-refractivity contribution in [1.29, 1.82) is 0 Å². The Morgan fingerprint density at radius 3 is 2.75 bits per heavy atom. The zero-order chi connectivity index (χ0) is 5.98. The summed E-state index contributed by atoms with van der Waals surface area (Å²) in [6, 6.07) is 0. The molecule has 1 aliphatic heterocycles. The van der Waals surface area contributed by atoms with Gasteiger partial charge in [-0.3, -0.25) is 5.84 Å². The van der Waals surface area contributed by atoms with Gasteiger partial charge in [-0.2, -0.15) is 0 Å². The zero-order valence-corrected chi connectivity index (χ0v) is 5.13. The van der Waals surface area contributed by atoms with Gasteiger partial charge in [0, 0.05) is 20.2 Å². The van der Waals surface area contributed by atoms with Gasteiger partial charge in [-0.05, 0) is 6.42 Å². The largest absolute Gasteiger partial charge is 0.380 e. The molecule has 0 spiro atoms. The number of rotatable bonds is 1. The molecule has 48 valence electrons. The van der Waals surface area contributed by atoms with Crippen molar-refractivity contribution in [2.24, 2.45) is 5.84 Å². The minimum Gasteiger partial charge on any atom is -0.380 e. The van der Waals surface area contributed by atoms with Crippen LogP contribution in [-0.2, 0) is 4.74 Å². The van der Waals surface area contributed by atoms with Crippen LogP contribution in [0.15, 0.2) is 0 Å². The molecule has 0 radical (unpaired) electrons. The van der Waals surface area contributed by atoms with Crippen LogP contribution in [0.3, 0.4) is 0 Å². The van der Waals surface area contributed by atoms with Gasteiger partial charge >= 0.3 is 0 Å². The third kappa shape index (κ3) is 1.18. The van der Waals surface area contributed by atoms with Crippen molar-refractivity contribution in [3.63, 3.8) is 0 Å². The summed E-state index contributed by atoms with van der Waals surface area (Å²) >= 11 is 0. The molecule has 3 heteroatoms. The van der Waals surface area contributed by atoms with Crippen molar-refractivity contribution in [3.8, 4) is 0 Å². The van der Waals surface area contributed by atoms with Gasteiger partial charge in [-0.25, -0.2) is 5.01 Å². The fraction of sp³-hybridized carbons (Fsp3) is 1.00. The predicted molar refractivity (Wildman–Crippen MR) is 31.2 cm³/mol. The van der Waals surface area contributed by atoms with Crippen molar-refractivity contribution < 1.29 is 4.74 Å². The van der Waals surface area contributed by atoms with Crippen molar-refractivity contribution in [2.45, 2.75) is 12.5 Å². The van der Waals surface area contributed by atoms with Gasteiger partial charge in [-0.1, -0.05) is 0 Å². The van der Waals surface area contributed by atoms with E-state index in [1.807, 2.05) is 0 Å². The molecule has 0 aliphatic carbocycles. The minimum absolute atomic E-state index is 0.375. The van der Waals surface area contributed by atoms with E-state index < -0.39 is 0 Å². The molecule has 0 unspecified atom stereocenters. The Morgan fingerprint density at radius 1 is 1.75 bits per heavy atom. The van der Waals surface area contributed by atoms with Crippen LogP contribution in [0.1, 0.15) is 6.42 Å². The van der Waals surface area contributed by atoms with Crippen LogP contribution in [0, 0.1) is 0 Å². The topological polar surface area (TPSA) is 38.5 Å². The highest BCUT2D eigenvalue weighted by Crippen LogP contribution is 2.06. The van der Waals surface area contributed by atoms with Crippen molar-refractivity contribution in [2.75, 3.05) is 20.2 Å². The molecule has 0 saturated carbocycles. The first-order valence-electron chi connectivity index (χ1n) is 2.85. The first kappa shape index (κ1) is 6.01. The number of hydrazine groups is 1. The molecule has 3 nitrogen and oxygen atoms in total. The first-order valence-corrected chi connectivity index (χ1v) is 2.85. The fourth-order valence-corrected chi connectivity index (χ4v) is 0.946. The molecule has 0 aromatic rings. The Hall–Kier alpha value is -0.120. The van der Waals surface area contributed by atoms with Crippen LogP contribution in [0.25, 0.3) is 0 Å². The summed E-state index contributed by atoms with van der Waals surface area (Å²) < 4.78 is 5.06. The monoisotopic (exact) mass is 116 g/mol. The number of nitrogens with zero attached hydrogens (tertiary/aromatic N) is 1. The molecule has 0 aromatic carbocycles. The number of hydrogen-bond acceptors (Lipinski definition) is 3. The third-order valence-electron chi connectivity index (χ3n) is 1.51. The lowest BCUT2D eigenvalue weighted by Crippen LogP contribution is -2.29. The molecule has 1 atom stereocenters. The van der Waals surface area contributed by atoms with Crippen LogP contribution < -0.4 is 5.84 Å². The average molecular weight is 116 g/mol. The van der Waals surface area contributed by atoms with E-state index in [0.29, 0.717) is 6.10 Å². The summed E-state index contributed by atoms with van der Waals surface area (Å²) in [4.78, 5) is 0. The van der Waals surface area contributed by atoms with Crippen LogP contribution >= 0.6 is 0 Å². The van der Waals surface area contributed by atoms with Gasteiger partial charge in [0.05, 0.1) is 6.10 Å². The Kier molecular flexibility index (Phi) is 1.83. The lowest BCUT2D eigenvalue weighted by Gasteiger charge is -2.06. The maximum absolute atomic E-state index is 5.45. The van der Waals surface area contributed by atoms with Gasteiger partial charge in [0.2, 0.25) is 0 Å². The Bertz CT molecular complexity index is 76.8. The molecular weight excluding hydrogens is 104 g/mol. The van der Waals surface area contributed by atoms with Gasteiger partial charge < -0.3 is 4.74 Å². The van der Waals surface area contributed by atoms with Gasteiger partial charge in [0.1, 0.15) is 0 Å². The van der Waals surface area contributed by atoms with E-state index in [4.69, 9.17) is 10.6 Å². The Balaban J connectivity index is 2.22. The van der Waals surface area contributed by atoms with Crippen LogP contribution in [0.2, 0.25) is 0 Å². The number of methoxy groups -OCH3 is 1. The summed E-state index contributed by atoms with van der Waals surface area (Å²) in [6.07, 6.45) is 1.45. The highest BCUT2D eigenvalue weighted by atomic mass is 16.5. The molecule has 0 aromatic heterocycles. The highest BCUT2D eigenvalue weighted by molar-refractivity contribution is 4.70. The zero-order valence-electron chi connectivity index (χ0n) is 5.13. The second-order valence-electron chi connectivity index (χ2n) is 2.14. The van der Waals surface area contributed by atoms with Crippen LogP contribution in [0.4, 0.5) is 0 Å². The summed E-state index contributed by atoms with van der Waals surface area (Å²) in [5.41, 5.74) is 0. The summed E-state index contributed by atoms with van der Waals surface area (Å²) in [6.45, 7) is 1.86. The molecule has 2 N–H and O–H groups in total. The third-order valence-corrected chi connectivity index (χ3v) is 1.51. The predicted octanol–water partition coefficient (Wildman–Crippen LogP) is -0.419. The maximum Gasteiger partial charge on any atom is 0.0724 e. The van der Waals surface area contributed by atoms with Crippen molar-refractivity contribution >= 4 is 0 Å². The fourth-order valence-electron chi connectivity index (χ4n) is 0.946. The lowest BCUT2D eigenvalue weighted by atomic mass is 10.3. The quantitative estimate of drug-likeness (QED) is 0.473. The van der Waals surface area contributed by atoms with Gasteiger partial charge in [0.15, 0.2) is 0 Å². The molecule has 1 aliphatic rings. The second-order valence-corrected chi connectivity index (χ2v) is 2.14. The van der Waals surface area contributed by atoms with E-state index in [-0.39, 0.29) is 0 Å². The molecule has 8 heavy (non-hydrogen) atoms. The molecule has 0 bridgehead atoms. The molecular formula is C5H12N2O. The molecule has 0 amide bonds. The molecule has 1 rings (SSSR count). The lowest BCUT2D eigenvalue weighted by molar-refractivity contribution is 0.108. The van der Waals surface area contributed by atoms with E-state index in [1.165, 1.54) is 0 Å². The number of nitrogens with two attached hydrogens (primary N) is 1. The minimum atomic E-state index is 0.375. The summed E-state index contributed by atoms with van der Waals surface area (Å²) in [5.74, 6) is 5.45. The van der Waals surface area contributed by atoms with Crippen LogP contribution in [-0.4, -0.2) is 31.3 Å². The van der Waals surface area contributed by atoms with E-state index in [2.05, 4.69) is 0 Å². The smallest absolute Gasteiger partial charge is 0.0724 e. The summed E-state index contributed by atoms with van der Waals surface area (Å²) in [5, 5.41) is 1.79. The number of ether oxygens (including phenoxy) is 1. The molecule has 1 saturated heterocycles. The second kappa shape index (κ2) is 2.44. The highest BCUT2D eigenvalue weighted by Gasteiger charge is 2.18. The normalized spacial score (nSPS) is 31.5. The Labute approximate surface area is 49.4 Å². The van der Waals surface area contributed by atoms with E-state index in [1.54, 1.807) is 12.1 Å². The van der Waals surface area contributed by atoms with E-state index in [0.717, 1.165) is 19.5 Å². The van der Waals surface area contributed by atoms with Crippen molar-refractivity contribution in [1.82, 2.24) is 5.01 Å². The van der Waals surface area contributed by atoms with Crippen LogP contribution in [0.5, 0.6) is 0 Å². The molecule has 1 fully saturated rings. The standard InChI is InChI=1S/C5H12N2O/c1-8-5-2-3-7(6)4-5/h5H,2-4,6H2,1H3/t5-/m1/s1. The first-order chi connectivity index (χ1) is 3.83. The summed E-state index contributed by atoms with van der Waals surface area (Å²) in [7, 11) is 1.73. The number of hydrogen-bond donors (Lipinski definition) is 1. The van der Waals surface area contributed by atoms with E-state index >= 15 is 0 Å². The molecule has 1 heterocycles. The maximum atomic E-state index is 5.45. The SMILES string of the molecule is CO[C@@H]1CCN(N)C1. The van der Waals surface area contributed by atoms with E-state index in [9.17, 15) is 0 Å². The average Bonchev–Trinajstić information content (AvgIpc) is 2.14. The Morgan fingerprint density at radius 2 is 2.50 bits per heavy atom. The van der Waals surface area contributed by atoms with Crippen molar-refractivity contribution in [3.05, 3.63) is 0 Å².